The van der Waals surface area contributed by atoms with Crippen molar-refractivity contribution in [2.75, 3.05) is 26.2 Å². The molecule has 0 amide bonds. The second-order valence-corrected chi connectivity index (χ2v) is 6.37. The summed E-state index contributed by atoms with van der Waals surface area (Å²) >= 11 is 0. The molecule has 0 aliphatic carbocycles. The van der Waals surface area contributed by atoms with Crippen LogP contribution in [-0.2, 0) is 0 Å². The van der Waals surface area contributed by atoms with E-state index in [1.54, 1.807) is 0 Å². The van der Waals surface area contributed by atoms with E-state index in [2.05, 4.69) is 37.9 Å². The topological polar surface area (TPSA) is 15.3 Å². The zero-order valence-electron chi connectivity index (χ0n) is 12.3. The monoisotopic (exact) mass is 240 g/mol. The first-order chi connectivity index (χ1) is 8.08. The lowest BCUT2D eigenvalue weighted by Gasteiger charge is -2.31. The minimum atomic E-state index is 0.680. The summed E-state index contributed by atoms with van der Waals surface area (Å²) in [6.07, 6.45) is 5.47. The summed E-state index contributed by atoms with van der Waals surface area (Å²) in [4.78, 5) is 2.62. The van der Waals surface area contributed by atoms with Crippen LogP contribution in [0.15, 0.2) is 0 Å². The normalized spacial score (nSPS) is 24.2. The van der Waals surface area contributed by atoms with Crippen LogP contribution < -0.4 is 5.32 Å². The maximum Gasteiger partial charge on any atom is 0.0107 e. The first-order valence-electron chi connectivity index (χ1n) is 7.53. The molecule has 0 aromatic rings. The number of piperidine rings is 1. The quantitative estimate of drug-likeness (QED) is 0.735. The fourth-order valence-electron chi connectivity index (χ4n) is 2.64. The minimum Gasteiger partial charge on any atom is -0.313 e. The zero-order chi connectivity index (χ0) is 12.7. The Labute approximate surface area is 108 Å². The van der Waals surface area contributed by atoms with Gasteiger partial charge in [0, 0.05) is 25.7 Å². The van der Waals surface area contributed by atoms with Crippen molar-refractivity contribution in [1.29, 1.82) is 0 Å². The number of hydrogen-bond donors (Lipinski definition) is 1. The fourth-order valence-corrected chi connectivity index (χ4v) is 2.64. The van der Waals surface area contributed by atoms with Crippen LogP contribution in [-0.4, -0.2) is 37.1 Å². The molecule has 17 heavy (non-hydrogen) atoms. The van der Waals surface area contributed by atoms with Crippen molar-refractivity contribution in [3.8, 4) is 0 Å². The minimum absolute atomic E-state index is 0.680. The third kappa shape index (κ3) is 7.05. The lowest BCUT2D eigenvalue weighted by Crippen LogP contribution is -2.40. The Morgan fingerprint density at radius 2 is 2.00 bits per heavy atom. The summed E-state index contributed by atoms with van der Waals surface area (Å²) in [5.41, 5.74) is 0. The highest BCUT2D eigenvalue weighted by molar-refractivity contribution is 4.71. The number of rotatable bonds is 7. The highest BCUT2D eigenvalue weighted by Crippen LogP contribution is 2.14. The molecule has 0 aromatic heterocycles. The van der Waals surface area contributed by atoms with Crippen molar-refractivity contribution in [3.63, 3.8) is 0 Å². The van der Waals surface area contributed by atoms with Gasteiger partial charge in [0.15, 0.2) is 0 Å². The Hall–Kier alpha value is -0.0800. The summed E-state index contributed by atoms with van der Waals surface area (Å²) in [5.74, 6) is 1.74. The summed E-state index contributed by atoms with van der Waals surface area (Å²) in [5, 5.41) is 3.66. The molecule has 1 aliphatic rings. The van der Waals surface area contributed by atoms with Crippen LogP contribution in [0, 0.1) is 11.8 Å². The summed E-state index contributed by atoms with van der Waals surface area (Å²) in [6, 6.07) is 0.680. The van der Waals surface area contributed by atoms with Gasteiger partial charge in [0.05, 0.1) is 0 Å². The maximum atomic E-state index is 3.66. The number of likely N-dealkylation sites (tertiary alicyclic amines) is 1. The lowest BCUT2D eigenvalue weighted by molar-refractivity contribution is 0.182. The van der Waals surface area contributed by atoms with E-state index in [0.717, 1.165) is 18.4 Å². The standard InChI is InChI=1S/C15H32N2/c1-13(2)7-8-15(4)16-9-11-17-10-5-6-14(3)12-17/h13-16H,5-12H2,1-4H3. The molecule has 2 unspecified atom stereocenters. The molecule has 2 nitrogen and oxygen atoms in total. The predicted octanol–water partition coefficient (Wildman–Crippen LogP) is 3.13. The molecular formula is C15H32N2. The van der Waals surface area contributed by atoms with Crippen molar-refractivity contribution in [1.82, 2.24) is 10.2 Å². The molecule has 1 fully saturated rings. The molecule has 2 heteroatoms. The smallest absolute Gasteiger partial charge is 0.0107 e. The van der Waals surface area contributed by atoms with Gasteiger partial charge in [-0.1, -0.05) is 20.8 Å². The van der Waals surface area contributed by atoms with E-state index in [1.807, 2.05) is 0 Å². The van der Waals surface area contributed by atoms with Crippen LogP contribution in [0.2, 0.25) is 0 Å². The largest absolute Gasteiger partial charge is 0.313 e. The van der Waals surface area contributed by atoms with E-state index in [9.17, 15) is 0 Å². The molecule has 0 spiro atoms. The number of nitrogens with one attached hydrogen (secondary N) is 1. The average molecular weight is 240 g/mol. The van der Waals surface area contributed by atoms with Gasteiger partial charge in [-0.15, -0.1) is 0 Å². The second-order valence-electron chi connectivity index (χ2n) is 6.37. The Morgan fingerprint density at radius 3 is 2.65 bits per heavy atom. The maximum absolute atomic E-state index is 3.66. The molecule has 0 aromatic carbocycles. The molecule has 2 atom stereocenters. The second kappa shape index (κ2) is 8.10. The molecule has 0 bridgehead atoms. The van der Waals surface area contributed by atoms with E-state index in [-0.39, 0.29) is 0 Å². The Kier molecular flexibility index (Phi) is 7.14. The SMILES string of the molecule is CC(C)CCC(C)NCCN1CCCC(C)C1. The van der Waals surface area contributed by atoms with Crippen molar-refractivity contribution >= 4 is 0 Å². The summed E-state index contributed by atoms with van der Waals surface area (Å²) < 4.78 is 0. The van der Waals surface area contributed by atoms with Crippen LogP contribution in [0.1, 0.15) is 53.4 Å². The third-order valence-corrected chi connectivity index (χ3v) is 3.84. The Bertz CT molecular complexity index is 191. The van der Waals surface area contributed by atoms with Crippen molar-refractivity contribution in [2.24, 2.45) is 11.8 Å². The molecule has 1 rings (SSSR count). The van der Waals surface area contributed by atoms with Gasteiger partial charge in [-0.2, -0.15) is 0 Å². The molecule has 1 aliphatic heterocycles. The molecular weight excluding hydrogens is 208 g/mol. The number of hydrogen-bond acceptors (Lipinski definition) is 2. The van der Waals surface area contributed by atoms with Crippen LogP contribution in [0.25, 0.3) is 0 Å². The van der Waals surface area contributed by atoms with Gasteiger partial charge in [-0.25, -0.2) is 0 Å². The van der Waals surface area contributed by atoms with Gasteiger partial charge in [-0.3, -0.25) is 0 Å². The summed E-state index contributed by atoms with van der Waals surface area (Å²) in [6.45, 7) is 14.3. The fraction of sp³-hybridized carbons (Fsp3) is 1.00. The van der Waals surface area contributed by atoms with Gasteiger partial charge in [0.2, 0.25) is 0 Å². The van der Waals surface area contributed by atoms with Crippen molar-refractivity contribution in [3.05, 3.63) is 0 Å². The van der Waals surface area contributed by atoms with Gasteiger partial charge in [0.1, 0.15) is 0 Å². The zero-order valence-corrected chi connectivity index (χ0v) is 12.3. The third-order valence-electron chi connectivity index (χ3n) is 3.84. The Morgan fingerprint density at radius 1 is 1.24 bits per heavy atom. The molecule has 102 valence electrons. The lowest BCUT2D eigenvalue weighted by atomic mass is 10.0. The predicted molar refractivity (Wildman–Crippen MR) is 76.4 cm³/mol. The van der Waals surface area contributed by atoms with Crippen LogP contribution in [0.5, 0.6) is 0 Å². The molecule has 1 saturated heterocycles. The first-order valence-corrected chi connectivity index (χ1v) is 7.53. The van der Waals surface area contributed by atoms with E-state index in [1.165, 1.54) is 45.3 Å². The Balaban J connectivity index is 2.02. The van der Waals surface area contributed by atoms with Crippen LogP contribution in [0.4, 0.5) is 0 Å². The molecule has 1 heterocycles. The van der Waals surface area contributed by atoms with E-state index in [0.29, 0.717) is 6.04 Å². The van der Waals surface area contributed by atoms with Gasteiger partial charge in [-0.05, 0) is 51.0 Å². The highest BCUT2D eigenvalue weighted by atomic mass is 15.1. The molecule has 0 saturated carbocycles. The van der Waals surface area contributed by atoms with E-state index in [4.69, 9.17) is 0 Å². The van der Waals surface area contributed by atoms with E-state index < -0.39 is 0 Å². The van der Waals surface area contributed by atoms with E-state index >= 15 is 0 Å². The van der Waals surface area contributed by atoms with Gasteiger partial charge >= 0.3 is 0 Å². The van der Waals surface area contributed by atoms with Crippen LogP contribution >= 0.6 is 0 Å². The van der Waals surface area contributed by atoms with Gasteiger partial charge in [0.25, 0.3) is 0 Å². The average Bonchev–Trinajstić information content (AvgIpc) is 2.26. The molecule has 0 radical (unpaired) electrons. The first kappa shape index (κ1) is 15.0. The summed E-state index contributed by atoms with van der Waals surface area (Å²) in [7, 11) is 0. The van der Waals surface area contributed by atoms with Crippen LogP contribution in [0.3, 0.4) is 0 Å². The molecule has 1 N–H and O–H groups in total. The number of nitrogens with zero attached hydrogens (tertiary/aromatic N) is 1. The van der Waals surface area contributed by atoms with Crippen molar-refractivity contribution < 1.29 is 0 Å². The van der Waals surface area contributed by atoms with Crippen molar-refractivity contribution in [2.45, 2.75) is 59.4 Å². The van der Waals surface area contributed by atoms with Gasteiger partial charge < -0.3 is 10.2 Å². The highest BCUT2D eigenvalue weighted by Gasteiger charge is 2.15.